The van der Waals surface area contributed by atoms with E-state index in [1.54, 1.807) is 28.4 Å². The van der Waals surface area contributed by atoms with Gasteiger partial charge in [-0.3, -0.25) is 4.79 Å². The van der Waals surface area contributed by atoms with E-state index in [1.165, 1.54) is 0 Å². The Balaban J connectivity index is 1.58. The molecule has 2 aromatic rings. The number of rotatable bonds is 8. The van der Waals surface area contributed by atoms with Gasteiger partial charge in [-0.1, -0.05) is 12.5 Å². The van der Waals surface area contributed by atoms with Gasteiger partial charge in [0.25, 0.3) is 0 Å². The summed E-state index contributed by atoms with van der Waals surface area (Å²) < 4.78 is 28.9. The van der Waals surface area contributed by atoms with Crippen molar-refractivity contribution in [2.75, 3.05) is 28.4 Å². The van der Waals surface area contributed by atoms with Crippen LogP contribution in [0, 0.1) is 0 Å². The maximum absolute atomic E-state index is 14.1. The van der Waals surface area contributed by atoms with Crippen LogP contribution in [0.25, 0.3) is 0 Å². The summed E-state index contributed by atoms with van der Waals surface area (Å²) in [7, 11) is 6.34. The fraction of sp³-hybridized carbons (Fsp3) is 0.455. The molecule has 0 spiro atoms. The van der Waals surface area contributed by atoms with Crippen LogP contribution in [-0.2, 0) is 14.3 Å². The maximum atomic E-state index is 14.1. The average molecular weight is 641 g/mol. The van der Waals surface area contributed by atoms with Gasteiger partial charge in [0.1, 0.15) is 6.10 Å². The first-order chi connectivity index (χ1) is 20.3. The third kappa shape index (κ3) is 5.76. The molecule has 0 amide bonds. The minimum absolute atomic E-state index is 0.0186. The van der Waals surface area contributed by atoms with Crippen LogP contribution in [0.3, 0.4) is 0 Å². The zero-order chi connectivity index (χ0) is 30.0. The summed E-state index contributed by atoms with van der Waals surface area (Å²) in [5, 5.41) is 3.45. The van der Waals surface area contributed by atoms with Gasteiger partial charge in [0.2, 0.25) is 0 Å². The second kappa shape index (κ2) is 12.8. The number of ketones is 1. The Hall–Kier alpha value is -3.46. The summed E-state index contributed by atoms with van der Waals surface area (Å²) in [4.78, 5) is 28.0. The first-order valence-electron chi connectivity index (χ1n) is 14.4. The molecule has 1 fully saturated rings. The van der Waals surface area contributed by atoms with Crippen LogP contribution < -0.4 is 24.3 Å². The molecule has 5 rings (SSSR count). The topological polar surface area (TPSA) is 92.3 Å². The summed E-state index contributed by atoms with van der Waals surface area (Å²) in [5.74, 6) is 1.22. The molecule has 1 saturated carbocycles. The number of hydrogen-bond donors (Lipinski definition) is 1. The fourth-order valence-corrected chi connectivity index (χ4v) is 7.11. The Labute approximate surface area is 255 Å². The highest BCUT2D eigenvalue weighted by molar-refractivity contribution is 9.10. The van der Waals surface area contributed by atoms with E-state index in [-0.39, 0.29) is 23.8 Å². The summed E-state index contributed by atoms with van der Waals surface area (Å²) in [6.07, 6.45) is 5.75. The molecule has 42 heavy (non-hydrogen) atoms. The number of esters is 1. The number of methoxy groups -OCH3 is 4. The maximum Gasteiger partial charge on any atom is 0.337 e. The lowest BCUT2D eigenvalue weighted by Gasteiger charge is -2.37. The Bertz CT molecular complexity index is 1440. The van der Waals surface area contributed by atoms with E-state index in [2.05, 4.69) is 21.2 Å². The van der Waals surface area contributed by atoms with Crippen LogP contribution in [0.5, 0.6) is 23.0 Å². The predicted octanol–water partition coefficient (Wildman–Crippen LogP) is 6.72. The molecule has 2 atom stereocenters. The van der Waals surface area contributed by atoms with Gasteiger partial charge in [-0.15, -0.1) is 0 Å². The largest absolute Gasteiger partial charge is 0.493 e. The lowest BCUT2D eigenvalue weighted by atomic mass is 9.71. The highest BCUT2D eigenvalue weighted by Gasteiger charge is 2.42. The van der Waals surface area contributed by atoms with Crippen molar-refractivity contribution in [3.8, 4) is 23.0 Å². The van der Waals surface area contributed by atoms with Gasteiger partial charge in [-0.25, -0.2) is 4.79 Å². The number of nitrogens with one attached hydrogen (secondary N) is 1. The molecule has 1 N–H and O–H groups in total. The zero-order valence-corrected chi connectivity index (χ0v) is 26.4. The van der Waals surface area contributed by atoms with Gasteiger partial charge in [0.05, 0.1) is 38.5 Å². The third-order valence-electron chi connectivity index (χ3n) is 8.54. The molecule has 3 aliphatic rings. The quantitative estimate of drug-likeness (QED) is 0.318. The lowest BCUT2D eigenvalue weighted by Crippen LogP contribution is -2.37. The number of carbonyl (C=O) groups excluding carboxylic acids is 2. The number of halogens is 1. The lowest BCUT2D eigenvalue weighted by molar-refractivity contribution is -0.146. The predicted molar refractivity (Wildman–Crippen MR) is 162 cm³/mol. The highest BCUT2D eigenvalue weighted by Crippen LogP contribution is 2.49. The minimum atomic E-state index is -0.618. The Morgan fingerprint density at radius 3 is 2.21 bits per heavy atom. The molecular weight excluding hydrogens is 602 g/mol. The van der Waals surface area contributed by atoms with Crippen molar-refractivity contribution in [2.24, 2.45) is 0 Å². The van der Waals surface area contributed by atoms with E-state index in [4.69, 9.17) is 23.7 Å². The number of carbonyl (C=O) groups is 2. The minimum Gasteiger partial charge on any atom is -0.493 e. The van der Waals surface area contributed by atoms with E-state index in [0.29, 0.717) is 57.2 Å². The summed E-state index contributed by atoms with van der Waals surface area (Å²) in [6.45, 7) is 1.88. The molecule has 0 unspecified atom stereocenters. The number of Topliss-reactive ketones (excluding diaryl/α,β-unsaturated/α-hetero) is 1. The van der Waals surface area contributed by atoms with Crippen LogP contribution in [0.4, 0.5) is 0 Å². The molecule has 0 bridgehead atoms. The van der Waals surface area contributed by atoms with E-state index in [0.717, 1.165) is 48.9 Å². The second-order valence-electron chi connectivity index (χ2n) is 11.0. The van der Waals surface area contributed by atoms with E-state index >= 15 is 0 Å². The molecule has 0 aromatic heterocycles. The normalized spacial score (nSPS) is 21.0. The summed E-state index contributed by atoms with van der Waals surface area (Å²) in [5.41, 5.74) is 4.29. The van der Waals surface area contributed by atoms with Gasteiger partial charge >= 0.3 is 5.97 Å². The molecule has 224 valence electrons. The van der Waals surface area contributed by atoms with Crippen LogP contribution in [0.1, 0.15) is 74.8 Å². The number of ether oxygens (including phenoxy) is 5. The van der Waals surface area contributed by atoms with Crippen molar-refractivity contribution in [3.63, 3.8) is 0 Å². The molecule has 1 aliphatic heterocycles. The first-order valence-corrected chi connectivity index (χ1v) is 15.2. The van der Waals surface area contributed by atoms with E-state index in [1.807, 2.05) is 37.3 Å². The standard InChI is InChI=1S/C33H38BrNO7/c1-18-29(33(37)42-22-9-7-6-8-10-22)30(21-13-23(34)32(41-5)28(17-21)40-4)31-24(35-18)14-20(15-25(31)36)19-11-12-26(38-2)27(16-19)39-3/h11-13,16-17,20,22,30,35H,6-10,14-15H2,1-5H3/t20-,30-/m0/s1. The fourth-order valence-electron chi connectivity index (χ4n) is 6.49. The van der Waals surface area contributed by atoms with Crippen molar-refractivity contribution >= 4 is 27.7 Å². The second-order valence-corrected chi connectivity index (χ2v) is 11.9. The third-order valence-corrected chi connectivity index (χ3v) is 9.13. The van der Waals surface area contributed by atoms with Crippen molar-refractivity contribution in [1.29, 1.82) is 0 Å². The zero-order valence-electron chi connectivity index (χ0n) is 24.8. The van der Waals surface area contributed by atoms with Crippen molar-refractivity contribution < 1.29 is 33.3 Å². The Kier molecular flexibility index (Phi) is 9.16. The summed E-state index contributed by atoms with van der Waals surface area (Å²) in [6, 6.07) is 9.53. The Morgan fingerprint density at radius 1 is 0.857 bits per heavy atom. The number of hydrogen-bond acceptors (Lipinski definition) is 8. The molecule has 0 radical (unpaired) electrons. The summed E-state index contributed by atoms with van der Waals surface area (Å²) >= 11 is 3.61. The molecule has 2 aromatic carbocycles. The molecule has 8 nitrogen and oxygen atoms in total. The van der Waals surface area contributed by atoms with Crippen LogP contribution in [0.2, 0.25) is 0 Å². The van der Waals surface area contributed by atoms with Gasteiger partial charge in [0.15, 0.2) is 28.8 Å². The van der Waals surface area contributed by atoms with Gasteiger partial charge in [-0.2, -0.15) is 0 Å². The average Bonchev–Trinajstić information content (AvgIpc) is 2.99. The van der Waals surface area contributed by atoms with Crippen molar-refractivity contribution in [3.05, 3.63) is 68.5 Å². The molecule has 0 saturated heterocycles. The number of benzene rings is 2. The monoisotopic (exact) mass is 639 g/mol. The van der Waals surface area contributed by atoms with Crippen LogP contribution >= 0.6 is 15.9 Å². The van der Waals surface area contributed by atoms with Gasteiger partial charge in [-0.05, 0) is 96.3 Å². The van der Waals surface area contributed by atoms with Crippen LogP contribution in [0.15, 0.2) is 57.3 Å². The molecule has 1 heterocycles. The van der Waals surface area contributed by atoms with E-state index in [9.17, 15) is 9.59 Å². The first kappa shape index (κ1) is 30.0. The highest BCUT2D eigenvalue weighted by atomic mass is 79.9. The van der Waals surface area contributed by atoms with Crippen LogP contribution in [-0.4, -0.2) is 46.3 Å². The van der Waals surface area contributed by atoms with Crippen molar-refractivity contribution in [2.45, 2.75) is 69.8 Å². The number of dihydropyridines is 1. The number of allylic oxidation sites excluding steroid dienone is 3. The van der Waals surface area contributed by atoms with Crippen molar-refractivity contribution in [1.82, 2.24) is 5.32 Å². The molecular formula is C33H38BrNO7. The Morgan fingerprint density at radius 2 is 1.55 bits per heavy atom. The SMILES string of the molecule is COc1ccc([C@@H]2CC(=O)C3=C(C2)NC(C)=C(C(=O)OC2CCCCC2)[C@@H]3c2cc(Br)c(OC)c(OC)c2)cc1OC. The van der Waals surface area contributed by atoms with E-state index < -0.39 is 5.92 Å². The molecule has 9 heteroatoms. The van der Waals surface area contributed by atoms with Gasteiger partial charge < -0.3 is 29.0 Å². The van der Waals surface area contributed by atoms with Gasteiger partial charge in [0, 0.05) is 29.3 Å². The smallest absolute Gasteiger partial charge is 0.337 e. The molecule has 2 aliphatic carbocycles.